The van der Waals surface area contributed by atoms with E-state index < -0.39 is 4.92 Å². The van der Waals surface area contributed by atoms with E-state index in [-0.39, 0.29) is 23.1 Å². The highest BCUT2D eigenvalue weighted by atomic mass is 16.6. The van der Waals surface area contributed by atoms with E-state index in [1.807, 2.05) is 47.2 Å². The molecule has 0 radical (unpaired) electrons. The predicted octanol–water partition coefficient (Wildman–Crippen LogP) is 2.13. The number of benzene rings is 2. The van der Waals surface area contributed by atoms with Crippen molar-refractivity contribution in [3.8, 4) is 0 Å². The Balaban J connectivity index is 1.63. The van der Waals surface area contributed by atoms with Crippen molar-refractivity contribution >= 4 is 28.9 Å². The number of carbonyl (C=O) groups is 2. The van der Waals surface area contributed by atoms with E-state index in [0.717, 1.165) is 5.69 Å². The molecule has 1 heterocycles. The lowest BCUT2D eigenvalue weighted by Gasteiger charge is -2.35. The Labute approximate surface area is 181 Å². The third-order valence-electron chi connectivity index (χ3n) is 5.43. The summed E-state index contributed by atoms with van der Waals surface area (Å²) in [6.45, 7) is 4.59. The van der Waals surface area contributed by atoms with Gasteiger partial charge < -0.3 is 20.0 Å². The Morgan fingerprint density at radius 3 is 2.39 bits per heavy atom. The summed E-state index contributed by atoms with van der Waals surface area (Å²) in [5.74, 6) is -0.350. The average molecular weight is 425 g/mol. The number of nitro benzene ring substituents is 1. The van der Waals surface area contributed by atoms with Crippen LogP contribution in [0, 0.1) is 10.1 Å². The van der Waals surface area contributed by atoms with Crippen LogP contribution in [0.4, 0.5) is 17.1 Å². The van der Waals surface area contributed by atoms with Gasteiger partial charge in [-0.15, -0.1) is 0 Å². The van der Waals surface area contributed by atoms with Crippen LogP contribution in [0.3, 0.4) is 0 Å². The number of nitrogens with one attached hydrogen (secondary N) is 1. The van der Waals surface area contributed by atoms with Gasteiger partial charge in [-0.05, 0) is 24.3 Å². The van der Waals surface area contributed by atoms with Crippen LogP contribution in [0.25, 0.3) is 0 Å². The van der Waals surface area contributed by atoms with Gasteiger partial charge in [0.25, 0.3) is 11.6 Å². The zero-order valence-corrected chi connectivity index (χ0v) is 17.8. The number of carbonyl (C=O) groups excluding carboxylic acids is 2. The lowest BCUT2D eigenvalue weighted by atomic mass is 10.1. The van der Waals surface area contributed by atoms with Crippen LogP contribution in [0.5, 0.6) is 0 Å². The van der Waals surface area contributed by atoms with Crippen LogP contribution >= 0.6 is 0 Å². The Morgan fingerprint density at radius 1 is 1.10 bits per heavy atom. The molecule has 0 aromatic heterocycles. The van der Waals surface area contributed by atoms with Gasteiger partial charge in [0, 0.05) is 70.6 Å². The minimum absolute atomic E-state index is 0.000854. The van der Waals surface area contributed by atoms with Crippen molar-refractivity contribution < 1.29 is 14.5 Å². The summed E-state index contributed by atoms with van der Waals surface area (Å²) in [6, 6.07) is 14.4. The third-order valence-corrected chi connectivity index (χ3v) is 5.43. The molecule has 164 valence electrons. The first kappa shape index (κ1) is 22.1. The number of piperazine rings is 1. The molecule has 3 rings (SSSR count). The fourth-order valence-electron chi connectivity index (χ4n) is 3.59. The molecule has 31 heavy (non-hydrogen) atoms. The van der Waals surface area contributed by atoms with Crippen LogP contribution in [0.15, 0.2) is 48.5 Å². The highest BCUT2D eigenvalue weighted by Crippen LogP contribution is 2.30. The zero-order valence-electron chi connectivity index (χ0n) is 17.8. The van der Waals surface area contributed by atoms with Crippen molar-refractivity contribution in [2.24, 2.45) is 0 Å². The summed E-state index contributed by atoms with van der Waals surface area (Å²) in [7, 11) is 1.94. The molecule has 0 bridgehead atoms. The number of likely N-dealkylation sites (N-methyl/N-ethyl adjacent to an activating group) is 1. The monoisotopic (exact) mass is 425 g/mol. The summed E-state index contributed by atoms with van der Waals surface area (Å²) in [5.41, 5.74) is 1.65. The van der Waals surface area contributed by atoms with Crippen molar-refractivity contribution in [3.63, 3.8) is 0 Å². The minimum atomic E-state index is -0.466. The lowest BCUT2D eigenvalue weighted by Crippen LogP contribution is -2.48. The number of nitrogens with zero attached hydrogens (tertiary/aromatic N) is 4. The maximum absolute atomic E-state index is 12.5. The van der Waals surface area contributed by atoms with Crippen molar-refractivity contribution in [2.75, 3.05) is 56.1 Å². The Morgan fingerprint density at radius 2 is 1.77 bits per heavy atom. The molecule has 0 saturated carbocycles. The first-order chi connectivity index (χ1) is 14.9. The van der Waals surface area contributed by atoms with E-state index >= 15 is 0 Å². The quantitative estimate of drug-likeness (QED) is 0.539. The molecule has 9 nitrogen and oxygen atoms in total. The number of rotatable bonds is 7. The Hall–Kier alpha value is -3.62. The molecule has 0 spiro atoms. The lowest BCUT2D eigenvalue weighted by molar-refractivity contribution is -0.384. The van der Waals surface area contributed by atoms with E-state index in [0.29, 0.717) is 45.0 Å². The largest absolute Gasteiger partial charge is 0.373 e. The fourth-order valence-corrected chi connectivity index (χ4v) is 3.59. The van der Waals surface area contributed by atoms with Crippen molar-refractivity contribution in [1.29, 1.82) is 0 Å². The second kappa shape index (κ2) is 9.92. The molecular weight excluding hydrogens is 398 g/mol. The van der Waals surface area contributed by atoms with E-state index in [1.54, 1.807) is 17.0 Å². The van der Waals surface area contributed by atoms with Gasteiger partial charge in [-0.2, -0.15) is 0 Å². The van der Waals surface area contributed by atoms with Gasteiger partial charge in [-0.1, -0.05) is 18.2 Å². The van der Waals surface area contributed by atoms with Crippen molar-refractivity contribution in [3.05, 3.63) is 64.2 Å². The van der Waals surface area contributed by atoms with Gasteiger partial charge in [-0.3, -0.25) is 19.7 Å². The second-order valence-electron chi connectivity index (χ2n) is 7.47. The summed E-state index contributed by atoms with van der Waals surface area (Å²) in [5, 5.41) is 14.5. The third kappa shape index (κ3) is 5.50. The average Bonchev–Trinajstić information content (AvgIpc) is 2.79. The smallest absolute Gasteiger partial charge is 0.293 e. The summed E-state index contributed by atoms with van der Waals surface area (Å²) < 4.78 is 0. The maximum atomic E-state index is 12.5. The fraction of sp³-hybridized carbons (Fsp3) is 0.364. The molecule has 1 N–H and O–H groups in total. The summed E-state index contributed by atoms with van der Waals surface area (Å²) in [4.78, 5) is 40.8. The summed E-state index contributed by atoms with van der Waals surface area (Å²) in [6.07, 6.45) is 0. The maximum Gasteiger partial charge on any atom is 0.293 e. The molecule has 0 unspecified atom stereocenters. The molecular formula is C22H27N5O4. The Bertz CT molecular complexity index is 942. The highest BCUT2D eigenvalue weighted by molar-refractivity contribution is 5.95. The molecule has 0 aliphatic carbocycles. The van der Waals surface area contributed by atoms with Gasteiger partial charge in [0.1, 0.15) is 5.69 Å². The van der Waals surface area contributed by atoms with Crippen LogP contribution in [0.2, 0.25) is 0 Å². The van der Waals surface area contributed by atoms with Crippen LogP contribution in [-0.2, 0) is 4.79 Å². The van der Waals surface area contributed by atoms with Gasteiger partial charge in [-0.25, -0.2) is 0 Å². The summed E-state index contributed by atoms with van der Waals surface area (Å²) >= 11 is 0. The van der Waals surface area contributed by atoms with Crippen LogP contribution < -0.4 is 15.1 Å². The normalized spacial score (nSPS) is 13.6. The molecule has 1 aliphatic heterocycles. The first-order valence-corrected chi connectivity index (χ1v) is 10.2. The van der Waals surface area contributed by atoms with Gasteiger partial charge in [0.2, 0.25) is 5.91 Å². The molecule has 2 amide bonds. The van der Waals surface area contributed by atoms with E-state index in [1.165, 1.54) is 13.0 Å². The topological polar surface area (TPSA) is 99.0 Å². The predicted molar refractivity (Wildman–Crippen MR) is 120 cm³/mol. The number of hydrogen-bond acceptors (Lipinski definition) is 6. The van der Waals surface area contributed by atoms with Crippen molar-refractivity contribution in [1.82, 2.24) is 10.2 Å². The number of hydrogen-bond donors (Lipinski definition) is 1. The van der Waals surface area contributed by atoms with E-state index in [2.05, 4.69) is 5.32 Å². The molecule has 1 aliphatic rings. The molecule has 0 atom stereocenters. The van der Waals surface area contributed by atoms with Gasteiger partial charge in [0.15, 0.2) is 0 Å². The van der Waals surface area contributed by atoms with Crippen LogP contribution in [-0.4, -0.2) is 68.0 Å². The van der Waals surface area contributed by atoms with Crippen molar-refractivity contribution in [2.45, 2.75) is 6.92 Å². The number of amides is 2. The second-order valence-corrected chi connectivity index (χ2v) is 7.47. The van der Waals surface area contributed by atoms with Crippen LogP contribution in [0.1, 0.15) is 17.3 Å². The SMILES string of the molecule is CC(=O)N1CCN(c2ccc(C(=O)NCCN(C)c3ccccc3)cc2[N+](=O)[O-])CC1. The van der Waals surface area contributed by atoms with Gasteiger partial charge in [0.05, 0.1) is 4.92 Å². The minimum Gasteiger partial charge on any atom is -0.373 e. The molecule has 1 saturated heterocycles. The molecule has 9 heteroatoms. The number of para-hydroxylation sites is 1. The zero-order chi connectivity index (χ0) is 22.4. The number of anilines is 2. The Kier molecular flexibility index (Phi) is 7.07. The standard InChI is InChI=1S/C22H27N5O4/c1-17(28)25-12-14-26(15-13-25)20-9-8-18(16-21(20)27(30)31)22(29)23-10-11-24(2)19-6-4-3-5-7-19/h3-9,16H,10-15H2,1-2H3,(H,23,29). The molecule has 1 fully saturated rings. The van der Waals surface area contributed by atoms with E-state index in [4.69, 9.17) is 0 Å². The first-order valence-electron chi connectivity index (χ1n) is 10.2. The number of nitro groups is 1. The molecule has 2 aromatic rings. The molecule has 2 aromatic carbocycles. The van der Waals surface area contributed by atoms with E-state index in [9.17, 15) is 19.7 Å². The van der Waals surface area contributed by atoms with Gasteiger partial charge >= 0.3 is 0 Å². The highest BCUT2D eigenvalue weighted by Gasteiger charge is 2.25.